The summed E-state index contributed by atoms with van der Waals surface area (Å²) in [7, 11) is 0. The van der Waals surface area contributed by atoms with E-state index in [9.17, 15) is 33.4 Å². The number of hydrogen-bond donors (Lipinski definition) is 0. The highest BCUT2D eigenvalue weighted by Crippen LogP contribution is 2.42. The molecule has 1 rings (SSSR count). The molecule has 0 fully saturated rings. The minimum absolute atomic E-state index is 0.168. The van der Waals surface area contributed by atoms with Crippen LogP contribution < -0.4 is 4.90 Å². The first kappa shape index (κ1) is 18.7. The summed E-state index contributed by atoms with van der Waals surface area (Å²) in [6.45, 7) is 4.29. The second kappa shape index (κ2) is 7.25. The molecular formula is C13H16F3N3O4. The van der Waals surface area contributed by atoms with E-state index in [-0.39, 0.29) is 11.8 Å². The fourth-order valence-electron chi connectivity index (χ4n) is 2.24. The van der Waals surface area contributed by atoms with Crippen molar-refractivity contribution in [1.82, 2.24) is 0 Å². The zero-order valence-electron chi connectivity index (χ0n) is 12.6. The van der Waals surface area contributed by atoms with Gasteiger partial charge in [-0.2, -0.15) is 13.2 Å². The first-order valence-corrected chi connectivity index (χ1v) is 6.92. The van der Waals surface area contributed by atoms with E-state index in [2.05, 4.69) is 0 Å². The third-order valence-electron chi connectivity index (χ3n) is 3.12. The molecule has 0 spiro atoms. The number of halogens is 3. The third kappa shape index (κ3) is 4.30. The summed E-state index contributed by atoms with van der Waals surface area (Å²) < 4.78 is 38.8. The topological polar surface area (TPSA) is 89.5 Å². The zero-order valence-corrected chi connectivity index (χ0v) is 12.6. The highest BCUT2D eigenvalue weighted by atomic mass is 19.4. The Kier molecular flexibility index (Phi) is 5.88. The standard InChI is InChI=1S/C13H16F3N3O4/c1-3-5-17(6-4-2)11-8-10(18(20)21)9(13(14,15)16)7-12(11)19(22)23/h7-8H,3-6H2,1-2H3. The normalized spacial score (nSPS) is 11.3. The Labute approximate surface area is 130 Å². The van der Waals surface area contributed by atoms with Crippen LogP contribution in [0.25, 0.3) is 0 Å². The largest absolute Gasteiger partial charge is 0.423 e. The van der Waals surface area contributed by atoms with Crippen molar-refractivity contribution < 1.29 is 23.0 Å². The molecule has 0 aliphatic carbocycles. The van der Waals surface area contributed by atoms with E-state index >= 15 is 0 Å². The monoisotopic (exact) mass is 335 g/mol. The summed E-state index contributed by atoms with van der Waals surface area (Å²) in [5.74, 6) is 0. The number of benzene rings is 1. The summed E-state index contributed by atoms with van der Waals surface area (Å²) in [4.78, 5) is 21.5. The van der Waals surface area contributed by atoms with Crippen LogP contribution in [0.15, 0.2) is 12.1 Å². The van der Waals surface area contributed by atoms with Crippen LogP contribution >= 0.6 is 0 Å². The molecule has 7 nitrogen and oxygen atoms in total. The van der Waals surface area contributed by atoms with Gasteiger partial charge in [0.2, 0.25) is 0 Å². The molecule has 0 N–H and O–H groups in total. The number of rotatable bonds is 7. The molecule has 0 saturated heterocycles. The lowest BCUT2D eigenvalue weighted by molar-refractivity contribution is -0.391. The third-order valence-corrected chi connectivity index (χ3v) is 3.12. The van der Waals surface area contributed by atoms with E-state index in [4.69, 9.17) is 0 Å². The Morgan fingerprint density at radius 2 is 1.48 bits per heavy atom. The summed E-state index contributed by atoms with van der Waals surface area (Å²) >= 11 is 0. The minimum atomic E-state index is -5.05. The van der Waals surface area contributed by atoms with Gasteiger partial charge in [-0.05, 0) is 12.8 Å². The Morgan fingerprint density at radius 3 is 1.83 bits per heavy atom. The molecule has 0 unspecified atom stereocenters. The van der Waals surface area contributed by atoms with Gasteiger partial charge >= 0.3 is 6.18 Å². The summed E-state index contributed by atoms with van der Waals surface area (Å²) in [5.41, 5.74) is -3.76. The molecule has 0 saturated carbocycles. The lowest BCUT2D eigenvalue weighted by Gasteiger charge is -2.23. The molecule has 0 radical (unpaired) electrons. The van der Waals surface area contributed by atoms with Crippen molar-refractivity contribution in [3.8, 4) is 0 Å². The van der Waals surface area contributed by atoms with Crippen LogP contribution in [0.2, 0.25) is 0 Å². The minimum Gasteiger partial charge on any atom is -0.366 e. The van der Waals surface area contributed by atoms with Crippen molar-refractivity contribution in [3.63, 3.8) is 0 Å². The van der Waals surface area contributed by atoms with Gasteiger partial charge in [-0.1, -0.05) is 13.8 Å². The van der Waals surface area contributed by atoms with Gasteiger partial charge in [0.1, 0.15) is 11.3 Å². The summed E-state index contributed by atoms with van der Waals surface area (Å²) in [5, 5.41) is 22.1. The molecule has 10 heteroatoms. The predicted octanol–water partition coefficient (Wildman–Crippen LogP) is 4.15. The molecule has 0 amide bonds. The maximum absolute atomic E-state index is 12.9. The van der Waals surface area contributed by atoms with Crippen LogP contribution in [0.1, 0.15) is 32.3 Å². The second-order valence-corrected chi connectivity index (χ2v) is 4.86. The van der Waals surface area contributed by atoms with Gasteiger partial charge in [-0.25, -0.2) is 0 Å². The van der Waals surface area contributed by atoms with E-state index < -0.39 is 33.0 Å². The average Bonchev–Trinajstić information content (AvgIpc) is 2.44. The second-order valence-electron chi connectivity index (χ2n) is 4.86. The molecule has 0 atom stereocenters. The quantitative estimate of drug-likeness (QED) is 0.551. The number of anilines is 1. The van der Waals surface area contributed by atoms with Gasteiger partial charge < -0.3 is 4.90 Å². The number of hydrogen-bond acceptors (Lipinski definition) is 5. The maximum Gasteiger partial charge on any atom is 0.423 e. The first-order valence-electron chi connectivity index (χ1n) is 6.92. The van der Waals surface area contributed by atoms with Crippen molar-refractivity contribution >= 4 is 17.1 Å². The fourth-order valence-corrected chi connectivity index (χ4v) is 2.24. The highest BCUT2D eigenvalue weighted by molar-refractivity contribution is 5.70. The number of nitrogens with zero attached hydrogens (tertiary/aromatic N) is 3. The van der Waals surface area contributed by atoms with E-state index in [1.165, 1.54) is 4.90 Å². The van der Waals surface area contributed by atoms with Crippen molar-refractivity contribution in [1.29, 1.82) is 0 Å². The first-order chi connectivity index (χ1) is 10.6. The van der Waals surface area contributed by atoms with Crippen LogP contribution in [0.3, 0.4) is 0 Å². The molecule has 0 aliphatic rings. The lowest BCUT2D eigenvalue weighted by Crippen LogP contribution is -2.26. The molecule has 0 heterocycles. The van der Waals surface area contributed by atoms with Crippen molar-refractivity contribution in [2.45, 2.75) is 32.9 Å². The molecule has 1 aromatic carbocycles. The highest BCUT2D eigenvalue weighted by Gasteiger charge is 2.41. The summed E-state index contributed by atoms with van der Waals surface area (Å²) in [6.07, 6.45) is -3.87. The van der Waals surface area contributed by atoms with Gasteiger partial charge in [0.05, 0.1) is 9.85 Å². The van der Waals surface area contributed by atoms with E-state index in [1.54, 1.807) is 13.8 Å². The zero-order chi connectivity index (χ0) is 17.8. The Balaban J connectivity index is 3.65. The molecule has 128 valence electrons. The maximum atomic E-state index is 12.9. The van der Waals surface area contributed by atoms with Crippen LogP contribution in [-0.4, -0.2) is 22.9 Å². The Hall–Kier alpha value is -2.39. The molecule has 0 bridgehead atoms. The molecule has 0 aliphatic heterocycles. The van der Waals surface area contributed by atoms with Crippen LogP contribution in [-0.2, 0) is 6.18 Å². The molecular weight excluding hydrogens is 319 g/mol. The van der Waals surface area contributed by atoms with Crippen molar-refractivity contribution in [3.05, 3.63) is 37.9 Å². The van der Waals surface area contributed by atoms with E-state index in [0.29, 0.717) is 32.0 Å². The average molecular weight is 335 g/mol. The van der Waals surface area contributed by atoms with Gasteiger partial charge in [0.25, 0.3) is 11.4 Å². The Bertz CT molecular complexity index is 599. The Morgan fingerprint density at radius 1 is 1.00 bits per heavy atom. The van der Waals surface area contributed by atoms with E-state index in [1.807, 2.05) is 0 Å². The van der Waals surface area contributed by atoms with Gasteiger partial charge in [-0.15, -0.1) is 0 Å². The van der Waals surface area contributed by atoms with Gasteiger partial charge in [-0.3, -0.25) is 20.2 Å². The fraction of sp³-hybridized carbons (Fsp3) is 0.538. The number of nitro benzene ring substituents is 2. The van der Waals surface area contributed by atoms with Gasteiger partial charge in [0.15, 0.2) is 0 Å². The smallest absolute Gasteiger partial charge is 0.366 e. The molecule has 23 heavy (non-hydrogen) atoms. The SMILES string of the molecule is CCCN(CCC)c1cc([N+](=O)[O-])c(C(F)(F)F)cc1[N+](=O)[O-]. The number of nitro groups is 2. The predicted molar refractivity (Wildman–Crippen MR) is 77.5 cm³/mol. The van der Waals surface area contributed by atoms with Crippen LogP contribution in [0.5, 0.6) is 0 Å². The number of alkyl halides is 3. The van der Waals surface area contributed by atoms with Crippen LogP contribution in [0.4, 0.5) is 30.2 Å². The molecule has 0 aromatic heterocycles. The summed E-state index contributed by atoms with van der Waals surface area (Å²) in [6, 6.07) is 0.887. The van der Waals surface area contributed by atoms with Crippen molar-refractivity contribution in [2.75, 3.05) is 18.0 Å². The lowest BCUT2D eigenvalue weighted by atomic mass is 10.1. The van der Waals surface area contributed by atoms with Crippen molar-refractivity contribution in [2.24, 2.45) is 0 Å². The van der Waals surface area contributed by atoms with E-state index in [0.717, 1.165) is 0 Å². The van der Waals surface area contributed by atoms with Gasteiger partial charge in [0, 0.05) is 25.2 Å². The molecule has 1 aromatic rings. The van der Waals surface area contributed by atoms with Crippen LogP contribution in [0, 0.1) is 20.2 Å².